The normalized spacial score (nSPS) is 11.0. The van der Waals surface area contributed by atoms with Gasteiger partial charge in [-0.15, -0.1) is 0 Å². The number of benzene rings is 2. The largest absolute Gasteiger partial charge is 0.345 e. The van der Waals surface area contributed by atoms with Crippen LogP contribution in [0.3, 0.4) is 0 Å². The average Bonchev–Trinajstić information content (AvgIpc) is 3.30. The van der Waals surface area contributed by atoms with E-state index in [1.165, 1.54) is 5.56 Å². The molecule has 0 unspecified atom stereocenters. The summed E-state index contributed by atoms with van der Waals surface area (Å²) in [6.45, 7) is 1.18. The fourth-order valence-electron chi connectivity index (χ4n) is 2.99. The van der Waals surface area contributed by atoms with E-state index in [0.29, 0.717) is 12.1 Å². The van der Waals surface area contributed by atoms with Gasteiger partial charge in [0.2, 0.25) is 0 Å². The van der Waals surface area contributed by atoms with E-state index in [4.69, 9.17) is 0 Å². The SMILES string of the molecule is CN(Cc1nccn1Cc1ccccc1)C(=O)c1ccc2nc[nH]c2c1. The van der Waals surface area contributed by atoms with Crippen molar-refractivity contribution in [2.24, 2.45) is 0 Å². The van der Waals surface area contributed by atoms with Gasteiger partial charge >= 0.3 is 0 Å². The van der Waals surface area contributed by atoms with Gasteiger partial charge in [0.25, 0.3) is 5.91 Å². The van der Waals surface area contributed by atoms with Crippen molar-refractivity contribution in [2.45, 2.75) is 13.1 Å². The molecule has 0 fully saturated rings. The number of aromatic nitrogens is 4. The van der Waals surface area contributed by atoms with Gasteiger partial charge in [-0.3, -0.25) is 4.79 Å². The lowest BCUT2D eigenvalue weighted by atomic mass is 10.2. The van der Waals surface area contributed by atoms with Gasteiger partial charge in [0, 0.05) is 31.5 Å². The third-order valence-electron chi connectivity index (χ3n) is 4.39. The minimum atomic E-state index is -0.0456. The van der Waals surface area contributed by atoms with Crippen molar-refractivity contribution in [1.29, 1.82) is 0 Å². The molecule has 4 rings (SSSR count). The molecule has 1 amide bonds. The average molecular weight is 345 g/mol. The number of amides is 1. The number of carbonyl (C=O) groups is 1. The van der Waals surface area contributed by atoms with Crippen molar-refractivity contribution >= 4 is 16.9 Å². The van der Waals surface area contributed by atoms with E-state index >= 15 is 0 Å². The highest BCUT2D eigenvalue weighted by Gasteiger charge is 2.15. The first-order valence-corrected chi connectivity index (χ1v) is 8.43. The highest BCUT2D eigenvalue weighted by atomic mass is 16.2. The molecule has 2 heterocycles. The quantitative estimate of drug-likeness (QED) is 0.604. The maximum Gasteiger partial charge on any atom is 0.254 e. The van der Waals surface area contributed by atoms with Crippen LogP contribution in [0, 0.1) is 0 Å². The van der Waals surface area contributed by atoms with E-state index in [0.717, 1.165) is 23.4 Å². The third kappa shape index (κ3) is 3.21. The molecule has 0 aliphatic heterocycles. The molecule has 0 saturated carbocycles. The van der Waals surface area contributed by atoms with Crippen molar-refractivity contribution in [3.8, 4) is 0 Å². The van der Waals surface area contributed by atoms with Crippen LogP contribution >= 0.6 is 0 Å². The molecule has 0 aliphatic carbocycles. The lowest BCUT2D eigenvalue weighted by Gasteiger charge is -2.18. The number of H-pyrrole nitrogens is 1. The summed E-state index contributed by atoms with van der Waals surface area (Å²) < 4.78 is 2.07. The number of carbonyl (C=O) groups excluding carboxylic acids is 1. The van der Waals surface area contributed by atoms with Crippen LogP contribution in [-0.2, 0) is 13.1 Å². The Kier molecular flexibility index (Phi) is 4.23. The number of nitrogens with one attached hydrogen (secondary N) is 1. The van der Waals surface area contributed by atoms with E-state index in [1.54, 1.807) is 30.5 Å². The lowest BCUT2D eigenvalue weighted by Crippen LogP contribution is -2.27. The molecule has 0 bridgehead atoms. The van der Waals surface area contributed by atoms with Gasteiger partial charge < -0.3 is 14.5 Å². The van der Waals surface area contributed by atoms with Gasteiger partial charge in [-0.25, -0.2) is 9.97 Å². The van der Waals surface area contributed by atoms with Crippen LogP contribution < -0.4 is 0 Å². The number of nitrogens with zero attached hydrogens (tertiary/aromatic N) is 4. The summed E-state index contributed by atoms with van der Waals surface area (Å²) in [5.74, 6) is 0.808. The Morgan fingerprint density at radius 2 is 2.00 bits per heavy atom. The van der Waals surface area contributed by atoms with Crippen LogP contribution in [0.15, 0.2) is 67.3 Å². The van der Waals surface area contributed by atoms with Crippen molar-refractivity contribution in [1.82, 2.24) is 24.4 Å². The summed E-state index contributed by atoms with van der Waals surface area (Å²) in [6.07, 6.45) is 5.34. The van der Waals surface area contributed by atoms with Crippen molar-refractivity contribution in [3.63, 3.8) is 0 Å². The van der Waals surface area contributed by atoms with Gasteiger partial charge in [0.15, 0.2) is 0 Å². The molecular formula is C20H19N5O. The Balaban J connectivity index is 1.50. The van der Waals surface area contributed by atoms with Gasteiger partial charge in [0.05, 0.1) is 23.9 Å². The smallest absolute Gasteiger partial charge is 0.254 e. The van der Waals surface area contributed by atoms with Crippen molar-refractivity contribution in [3.05, 3.63) is 84.2 Å². The van der Waals surface area contributed by atoms with Crippen LogP contribution in [0.4, 0.5) is 0 Å². The molecular weight excluding hydrogens is 326 g/mol. The lowest BCUT2D eigenvalue weighted by molar-refractivity contribution is 0.0780. The third-order valence-corrected chi connectivity index (χ3v) is 4.39. The first-order valence-electron chi connectivity index (χ1n) is 8.43. The highest BCUT2D eigenvalue weighted by molar-refractivity contribution is 5.97. The summed E-state index contributed by atoms with van der Waals surface area (Å²) in [5.41, 5.74) is 3.54. The Morgan fingerprint density at radius 3 is 2.85 bits per heavy atom. The van der Waals surface area contributed by atoms with Gasteiger partial charge in [-0.2, -0.15) is 0 Å². The number of imidazole rings is 2. The molecule has 1 N–H and O–H groups in total. The summed E-state index contributed by atoms with van der Waals surface area (Å²) >= 11 is 0. The fourth-order valence-corrected chi connectivity index (χ4v) is 2.99. The second-order valence-electron chi connectivity index (χ2n) is 6.25. The molecule has 26 heavy (non-hydrogen) atoms. The molecule has 2 aromatic heterocycles. The first-order chi connectivity index (χ1) is 12.7. The molecule has 6 heteroatoms. The Bertz CT molecular complexity index is 1030. The fraction of sp³-hybridized carbons (Fsp3) is 0.150. The zero-order valence-electron chi connectivity index (χ0n) is 14.5. The monoisotopic (exact) mass is 345 g/mol. The standard InChI is InChI=1S/C20H19N5O/c1-24(20(26)16-7-8-17-18(11-16)23-14-22-17)13-19-21-9-10-25(19)12-15-5-3-2-4-6-15/h2-11,14H,12-13H2,1H3,(H,22,23). The summed E-state index contributed by atoms with van der Waals surface area (Å²) in [6, 6.07) is 15.7. The molecule has 0 atom stereocenters. The molecule has 0 saturated heterocycles. The van der Waals surface area contributed by atoms with Crippen molar-refractivity contribution < 1.29 is 4.79 Å². The van der Waals surface area contributed by atoms with E-state index in [2.05, 4.69) is 31.7 Å². The Morgan fingerprint density at radius 1 is 1.15 bits per heavy atom. The molecule has 4 aromatic rings. The maximum atomic E-state index is 12.8. The number of aromatic amines is 1. The zero-order valence-corrected chi connectivity index (χ0v) is 14.5. The second kappa shape index (κ2) is 6.84. The van der Waals surface area contributed by atoms with Crippen LogP contribution in [0.5, 0.6) is 0 Å². The predicted octanol–water partition coefficient (Wildman–Crippen LogP) is 3.08. The van der Waals surface area contributed by atoms with E-state index in [9.17, 15) is 4.79 Å². The van der Waals surface area contributed by atoms with E-state index < -0.39 is 0 Å². The molecule has 130 valence electrons. The summed E-state index contributed by atoms with van der Waals surface area (Å²) in [7, 11) is 1.79. The van der Waals surface area contributed by atoms with Crippen LogP contribution in [-0.4, -0.2) is 37.4 Å². The van der Waals surface area contributed by atoms with Gasteiger partial charge in [0.1, 0.15) is 5.82 Å². The summed E-state index contributed by atoms with van der Waals surface area (Å²) in [4.78, 5) is 26.1. The number of fused-ring (bicyclic) bond motifs is 1. The van der Waals surface area contributed by atoms with Gasteiger partial charge in [-0.1, -0.05) is 30.3 Å². The number of hydrogen-bond acceptors (Lipinski definition) is 3. The molecule has 0 aliphatic rings. The first kappa shape index (κ1) is 16.1. The number of hydrogen-bond donors (Lipinski definition) is 1. The van der Waals surface area contributed by atoms with Crippen LogP contribution in [0.2, 0.25) is 0 Å². The molecule has 0 spiro atoms. The van der Waals surface area contributed by atoms with Crippen molar-refractivity contribution in [2.75, 3.05) is 7.05 Å². The zero-order chi connectivity index (χ0) is 17.9. The molecule has 6 nitrogen and oxygen atoms in total. The summed E-state index contributed by atoms with van der Waals surface area (Å²) in [5, 5.41) is 0. The molecule has 2 aromatic carbocycles. The second-order valence-corrected chi connectivity index (χ2v) is 6.25. The van der Waals surface area contributed by atoms with Crippen LogP contribution in [0.1, 0.15) is 21.7 Å². The predicted molar refractivity (Wildman–Crippen MR) is 99.7 cm³/mol. The Hall–Kier alpha value is -3.41. The minimum absolute atomic E-state index is 0.0456. The Labute approximate surface area is 151 Å². The van der Waals surface area contributed by atoms with Crippen LogP contribution in [0.25, 0.3) is 11.0 Å². The number of rotatable bonds is 5. The topological polar surface area (TPSA) is 66.8 Å². The highest BCUT2D eigenvalue weighted by Crippen LogP contribution is 2.14. The van der Waals surface area contributed by atoms with E-state index in [1.807, 2.05) is 36.5 Å². The maximum absolute atomic E-state index is 12.8. The minimum Gasteiger partial charge on any atom is -0.345 e. The molecule has 0 radical (unpaired) electrons. The van der Waals surface area contributed by atoms with Gasteiger partial charge in [-0.05, 0) is 23.8 Å². The van der Waals surface area contributed by atoms with E-state index in [-0.39, 0.29) is 5.91 Å².